The second kappa shape index (κ2) is 4.45. The molecule has 1 rings (SSSR count). The standard InChI is InChI=1S/C11H11NO2/c1-8-4-2-5-10(11(13)14)9(8)6-3-7-12/h2,4-5H,7,12H2,1H3,(H,13,14). The van der Waals surface area contributed by atoms with E-state index in [4.69, 9.17) is 10.8 Å². The molecule has 72 valence electrons. The van der Waals surface area contributed by atoms with Crippen LogP contribution in [0.25, 0.3) is 0 Å². The van der Waals surface area contributed by atoms with E-state index in [2.05, 4.69) is 11.8 Å². The van der Waals surface area contributed by atoms with Crippen molar-refractivity contribution in [2.75, 3.05) is 6.54 Å². The predicted octanol–water partition coefficient (Wildman–Crippen LogP) is 1.00. The van der Waals surface area contributed by atoms with Gasteiger partial charge in [-0.25, -0.2) is 4.79 Å². The molecule has 1 aromatic rings. The number of nitrogens with two attached hydrogens (primary N) is 1. The largest absolute Gasteiger partial charge is 0.478 e. The van der Waals surface area contributed by atoms with E-state index in [9.17, 15) is 4.79 Å². The minimum absolute atomic E-state index is 0.228. The lowest BCUT2D eigenvalue weighted by Gasteiger charge is -2.01. The molecule has 0 saturated carbocycles. The van der Waals surface area contributed by atoms with Crippen LogP contribution in [-0.2, 0) is 0 Å². The molecule has 3 nitrogen and oxygen atoms in total. The van der Waals surface area contributed by atoms with E-state index in [1.54, 1.807) is 6.07 Å². The minimum Gasteiger partial charge on any atom is -0.478 e. The highest BCUT2D eigenvalue weighted by molar-refractivity contribution is 5.91. The lowest BCUT2D eigenvalue weighted by molar-refractivity contribution is 0.0696. The summed E-state index contributed by atoms with van der Waals surface area (Å²) in [6.45, 7) is 2.06. The van der Waals surface area contributed by atoms with Gasteiger partial charge in [-0.15, -0.1) is 0 Å². The lowest BCUT2D eigenvalue weighted by Crippen LogP contribution is -2.02. The quantitative estimate of drug-likeness (QED) is 0.648. The lowest BCUT2D eigenvalue weighted by atomic mass is 10.0. The number of hydrogen-bond acceptors (Lipinski definition) is 2. The van der Waals surface area contributed by atoms with E-state index >= 15 is 0 Å². The summed E-state index contributed by atoms with van der Waals surface area (Å²) in [5, 5.41) is 8.89. The molecule has 0 spiro atoms. The maximum atomic E-state index is 10.8. The van der Waals surface area contributed by atoms with Crippen LogP contribution in [0, 0.1) is 18.8 Å². The zero-order chi connectivity index (χ0) is 10.6. The minimum atomic E-state index is -0.963. The van der Waals surface area contributed by atoms with Crippen LogP contribution in [-0.4, -0.2) is 17.6 Å². The highest BCUT2D eigenvalue weighted by Gasteiger charge is 2.09. The molecule has 0 fully saturated rings. The summed E-state index contributed by atoms with van der Waals surface area (Å²) in [6.07, 6.45) is 0. The van der Waals surface area contributed by atoms with E-state index in [1.165, 1.54) is 6.07 Å². The molecule has 0 saturated heterocycles. The zero-order valence-corrected chi connectivity index (χ0v) is 7.87. The van der Waals surface area contributed by atoms with Gasteiger partial charge in [0.2, 0.25) is 0 Å². The molecule has 0 aromatic heterocycles. The third kappa shape index (κ3) is 2.12. The average molecular weight is 189 g/mol. The van der Waals surface area contributed by atoms with Crippen LogP contribution >= 0.6 is 0 Å². The highest BCUT2D eigenvalue weighted by atomic mass is 16.4. The fourth-order valence-electron chi connectivity index (χ4n) is 1.15. The van der Waals surface area contributed by atoms with E-state index in [1.807, 2.05) is 13.0 Å². The van der Waals surface area contributed by atoms with Gasteiger partial charge in [-0.2, -0.15) is 0 Å². The molecule has 0 bridgehead atoms. The topological polar surface area (TPSA) is 63.3 Å². The Morgan fingerprint density at radius 3 is 2.86 bits per heavy atom. The van der Waals surface area contributed by atoms with Gasteiger partial charge in [0.25, 0.3) is 0 Å². The van der Waals surface area contributed by atoms with Crippen molar-refractivity contribution in [1.82, 2.24) is 0 Å². The Hall–Kier alpha value is -1.79. The van der Waals surface area contributed by atoms with Crippen molar-refractivity contribution in [2.45, 2.75) is 6.92 Å². The van der Waals surface area contributed by atoms with Crippen molar-refractivity contribution in [1.29, 1.82) is 0 Å². The third-order valence-electron chi connectivity index (χ3n) is 1.82. The van der Waals surface area contributed by atoms with E-state index in [0.29, 0.717) is 5.56 Å². The van der Waals surface area contributed by atoms with Crippen molar-refractivity contribution in [3.63, 3.8) is 0 Å². The van der Waals surface area contributed by atoms with Crippen molar-refractivity contribution < 1.29 is 9.90 Å². The molecule has 0 aliphatic carbocycles. The summed E-state index contributed by atoms with van der Waals surface area (Å²) in [5.41, 5.74) is 6.86. The van der Waals surface area contributed by atoms with Gasteiger partial charge in [-0.1, -0.05) is 24.0 Å². The number of aryl methyl sites for hydroxylation is 1. The van der Waals surface area contributed by atoms with Gasteiger partial charge >= 0.3 is 5.97 Å². The molecule has 0 unspecified atom stereocenters. The Labute approximate surface area is 82.6 Å². The maximum Gasteiger partial charge on any atom is 0.336 e. The van der Waals surface area contributed by atoms with Crippen LogP contribution in [0.4, 0.5) is 0 Å². The Morgan fingerprint density at radius 2 is 2.29 bits per heavy atom. The number of hydrogen-bond donors (Lipinski definition) is 2. The fraction of sp³-hybridized carbons (Fsp3) is 0.182. The van der Waals surface area contributed by atoms with Gasteiger partial charge in [-0.05, 0) is 18.6 Å². The summed E-state index contributed by atoms with van der Waals surface area (Å²) < 4.78 is 0. The van der Waals surface area contributed by atoms with Gasteiger partial charge in [-0.3, -0.25) is 0 Å². The third-order valence-corrected chi connectivity index (χ3v) is 1.82. The van der Waals surface area contributed by atoms with Crippen LogP contribution in [0.5, 0.6) is 0 Å². The van der Waals surface area contributed by atoms with E-state index in [0.717, 1.165) is 5.56 Å². The number of rotatable bonds is 1. The zero-order valence-electron chi connectivity index (χ0n) is 7.87. The van der Waals surface area contributed by atoms with E-state index in [-0.39, 0.29) is 12.1 Å². The van der Waals surface area contributed by atoms with Gasteiger partial charge in [0, 0.05) is 5.56 Å². The van der Waals surface area contributed by atoms with Crippen LogP contribution in [0.2, 0.25) is 0 Å². The Morgan fingerprint density at radius 1 is 1.57 bits per heavy atom. The number of aromatic carboxylic acids is 1. The molecule has 3 heteroatoms. The molecular weight excluding hydrogens is 178 g/mol. The first-order chi connectivity index (χ1) is 6.66. The van der Waals surface area contributed by atoms with Crippen LogP contribution in [0.15, 0.2) is 18.2 Å². The first-order valence-corrected chi connectivity index (χ1v) is 4.18. The second-order valence-electron chi connectivity index (χ2n) is 2.81. The van der Waals surface area contributed by atoms with Crippen LogP contribution in [0.1, 0.15) is 21.5 Å². The van der Waals surface area contributed by atoms with Crippen molar-refractivity contribution in [3.05, 3.63) is 34.9 Å². The molecule has 0 radical (unpaired) electrons. The summed E-state index contributed by atoms with van der Waals surface area (Å²) >= 11 is 0. The van der Waals surface area contributed by atoms with E-state index < -0.39 is 5.97 Å². The fourth-order valence-corrected chi connectivity index (χ4v) is 1.15. The molecule has 0 aliphatic heterocycles. The molecular formula is C11H11NO2. The SMILES string of the molecule is Cc1cccc(C(=O)O)c1C#CCN. The average Bonchev–Trinajstić information content (AvgIpc) is 2.15. The molecule has 0 atom stereocenters. The van der Waals surface area contributed by atoms with Gasteiger partial charge in [0.1, 0.15) is 0 Å². The van der Waals surface area contributed by atoms with Crippen LogP contribution < -0.4 is 5.73 Å². The van der Waals surface area contributed by atoms with Gasteiger partial charge in [0.15, 0.2) is 0 Å². The van der Waals surface area contributed by atoms with Gasteiger partial charge < -0.3 is 10.8 Å². The summed E-state index contributed by atoms with van der Waals surface area (Å²) in [4.78, 5) is 10.8. The second-order valence-corrected chi connectivity index (χ2v) is 2.81. The molecule has 0 aliphatic rings. The number of benzene rings is 1. The molecule has 1 aromatic carbocycles. The molecule has 0 heterocycles. The van der Waals surface area contributed by atoms with Crippen LogP contribution in [0.3, 0.4) is 0 Å². The number of carboxylic acid groups (broad SMARTS) is 1. The smallest absolute Gasteiger partial charge is 0.336 e. The van der Waals surface area contributed by atoms with Gasteiger partial charge in [0.05, 0.1) is 12.1 Å². The summed E-state index contributed by atoms with van der Waals surface area (Å²) in [5.74, 6) is 4.46. The van der Waals surface area contributed by atoms with Crippen molar-refractivity contribution in [2.24, 2.45) is 5.73 Å². The summed E-state index contributed by atoms with van der Waals surface area (Å²) in [6, 6.07) is 5.06. The first-order valence-electron chi connectivity index (χ1n) is 4.18. The normalized spacial score (nSPS) is 9.00. The molecule has 0 amide bonds. The Bertz CT molecular complexity index is 413. The predicted molar refractivity (Wildman–Crippen MR) is 54.1 cm³/mol. The Kier molecular flexibility index (Phi) is 3.27. The first kappa shape index (κ1) is 10.3. The number of carbonyl (C=O) groups is 1. The monoisotopic (exact) mass is 189 g/mol. The maximum absolute atomic E-state index is 10.8. The molecule has 3 N–H and O–H groups in total. The van der Waals surface area contributed by atoms with Crippen molar-refractivity contribution in [3.8, 4) is 11.8 Å². The highest BCUT2D eigenvalue weighted by Crippen LogP contribution is 2.12. The Balaban J connectivity index is 3.29. The molecule has 14 heavy (non-hydrogen) atoms. The summed E-state index contributed by atoms with van der Waals surface area (Å²) in [7, 11) is 0. The van der Waals surface area contributed by atoms with Crippen molar-refractivity contribution >= 4 is 5.97 Å². The number of carboxylic acids is 1.